The van der Waals surface area contributed by atoms with Crippen LogP contribution in [0.25, 0.3) is 10.9 Å². The van der Waals surface area contributed by atoms with Crippen molar-refractivity contribution in [2.24, 2.45) is 0 Å². The fourth-order valence-electron chi connectivity index (χ4n) is 4.16. The van der Waals surface area contributed by atoms with E-state index in [4.69, 9.17) is 0 Å². The number of hydrogen-bond donors (Lipinski definition) is 1. The normalized spacial score (nSPS) is 24.3. The van der Waals surface area contributed by atoms with E-state index < -0.39 is 0 Å². The van der Waals surface area contributed by atoms with E-state index in [1.54, 1.807) is 0 Å². The predicted octanol–water partition coefficient (Wildman–Crippen LogP) is 3.15. The number of benzene rings is 1. The molecule has 1 atom stereocenters. The van der Waals surface area contributed by atoms with E-state index in [1.165, 1.54) is 67.5 Å². The number of H-pyrrole nitrogens is 1. The van der Waals surface area contributed by atoms with Gasteiger partial charge in [-0.15, -0.1) is 0 Å². The molecular weight excluding hydrogens is 258 g/mol. The SMILES string of the molecule is Cc1cccc2c(CN3CCCN4CCC[C@H]4C3)c[nH]c12. The highest BCUT2D eigenvalue weighted by atomic mass is 15.3. The van der Waals surface area contributed by atoms with Gasteiger partial charge < -0.3 is 4.98 Å². The number of hydrogen-bond acceptors (Lipinski definition) is 2. The Bertz CT molecular complexity index is 630. The van der Waals surface area contributed by atoms with Gasteiger partial charge in [-0.25, -0.2) is 0 Å². The zero-order valence-electron chi connectivity index (χ0n) is 12.9. The zero-order chi connectivity index (χ0) is 14.2. The van der Waals surface area contributed by atoms with Gasteiger partial charge in [-0.2, -0.15) is 0 Å². The van der Waals surface area contributed by atoms with E-state index in [-0.39, 0.29) is 0 Å². The van der Waals surface area contributed by atoms with Gasteiger partial charge in [-0.3, -0.25) is 9.80 Å². The van der Waals surface area contributed by atoms with E-state index in [0.717, 1.165) is 12.6 Å². The van der Waals surface area contributed by atoms with Crippen LogP contribution >= 0.6 is 0 Å². The molecule has 3 nitrogen and oxygen atoms in total. The molecule has 0 spiro atoms. The highest BCUT2D eigenvalue weighted by molar-refractivity contribution is 5.85. The van der Waals surface area contributed by atoms with Gasteiger partial charge in [0.05, 0.1) is 0 Å². The average Bonchev–Trinajstić information content (AvgIpc) is 3.04. The van der Waals surface area contributed by atoms with Gasteiger partial charge in [-0.1, -0.05) is 18.2 Å². The largest absolute Gasteiger partial charge is 0.361 e. The van der Waals surface area contributed by atoms with Crippen molar-refractivity contribution in [3.8, 4) is 0 Å². The van der Waals surface area contributed by atoms with Crippen molar-refractivity contribution < 1.29 is 0 Å². The Kier molecular flexibility index (Phi) is 3.48. The molecule has 4 rings (SSSR count). The molecule has 112 valence electrons. The lowest BCUT2D eigenvalue weighted by Gasteiger charge is -2.25. The van der Waals surface area contributed by atoms with Gasteiger partial charge in [0, 0.05) is 36.2 Å². The quantitative estimate of drug-likeness (QED) is 0.914. The zero-order valence-corrected chi connectivity index (χ0v) is 12.9. The minimum absolute atomic E-state index is 0.805. The number of nitrogens with zero attached hydrogens (tertiary/aromatic N) is 2. The molecule has 2 aromatic rings. The van der Waals surface area contributed by atoms with Crippen LogP contribution in [-0.4, -0.2) is 47.0 Å². The van der Waals surface area contributed by atoms with E-state index >= 15 is 0 Å². The van der Waals surface area contributed by atoms with Crippen molar-refractivity contribution in [3.05, 3.63) is 35.5 Å². The summed E-state index contributed by atoms with van der Waals surface area (Å²) >= 11 is 0. The molecule has 0 aliphatic carbocycles. The molecule has 3 heteroatoms. The van der Waals surface area contributed by atoms with E-state index in [0.29, 0.717) is 0 Å². The summed E-state index contributed by atoms with van der Waals surface area (Å²) in [5.41, 5.74) is 4.11. The number of rotatable bonds is 2. The van der Waals surface area contributed by atoms with Gasteiger partial charge in [-0.05, 0) is 56.9 Å². The Balaban J connectivity index is 1.55. The summed E-state index contributed by atoms with van der Waals surface area (Å²) in [4.78, 5) is 8.85. The predicted molar refractivity (Wildman–Crippen MR) is 87.5 cm³/mol. The number of aromatic amines is 1. The smallest absolute Gasteiger partial charge is 0.0487 e. The molecule has 0 radical (unpaired) electrons. The van der Waals surface area contributed by atoms with Crippen molar-refractivity contribution in [1.29, 1.82) is 0 Å². The Labute approximate surface area is 126 Å². The third kappa shape index (κ3) is 2.49. The van der Waals surface area contributed by atoms with Crippen LogP contribution < -0.4 is 0 Å². The third-order valence-electron chi connectivity index (χ3n) is 5.29. The minimum atomic E-state index is 0.805. The summed E-state index contributed by atoms with van der Waals surface area (Å²) in [5.74, 6) is 0. The third-order valence-corrected chi connectivity index (χ3v) is 5.29. The summed E-state index contributed by atoms with van der Waals surface area (Å²) in [6.45, 7) is 8.39. The Morgan fingerprint density at radius 3 is 3.05 bits per heavy atom. The molecule has 1 aromatic carbocycles. The number of para-hydroxylation sites is 1. The summed E-state index contributed by atoms with van der Waals surface area (Å²) in [6, 6.07) is 7.43. The van der Waals surface area contributed by atoms with Gasteiger partial charge >= 0.3 is 0 Å². The van der Waals surface area contributed by atoms with Crippen LogP contribution in [0.1, 0.15) is 30.4 Å². The number of fused-ring (bicyclic) bond motifs is 2. The van der Waals surface area contributed by atoms with Gasteiger partial charge in [0.15, 0.2) is 0 Å². The lowest BCUT2D eigenvalue weighted by atomic mass is 10.1. The molecule has 0 saturated carbocycles. The Morgan fingerprint density at radius 1 is 1.19 bits per heavy atom. The van der Waals surface area contributed by atoms with Crippen LogP contribution in [0.4, 0.5) is 0 Å². The van der Waals surface area contributed by atoms with Crippen LogP contribution in [0.3, 0.4) is 0 Å². The van der Waals surface area contributed by atoms with Gasteiger partial charge in [0.2, 0.25) is 0 Å². The average molecular weight is 283 g/mol. The molecular formula is C18H25N3. The monoisotopic (exact) mass is 283 g/mol. The molecule has 2 aliphatic heterocycles. The van der Waals surface area contributed by atoms with Crippen LogP contribution in [0.5, 0.6) is 0 Å². The first-order valence-electron chi connectivity index (χ1n) is 8.33. The highest BCUT2D eigenvalue weighted by Crippen LogP contribution is 2.25. The lowest BCUT2D eigenvalue weighted by molar-refractivity contribution is 0.216. The van der Waals surface area contributed by atoms with E-state index in [1.807, 2.05) is 0 Å². The first-order valence-corrected chi connectivity index (χ1v) is 8.33. The summed E-state index contributed by atoms with van der Waals surface area (Å²) in [6.07, 6.45) is 6.32. The van der Waals surface area contributed by atoms with E-state index in [2.05, 4.69) is 46.1 Å². The summed E-state index contributed by atoms with van der Waals surface area (Å²) in [7, 11) is 0. The van der Waals surface area contributed by atoms with Crippen LogP contribution in [0.15, 0.2) is 24.4 Å². The first-order chi connectivity index (χ1) is 10.3. The van der Waals surface area contributed by atoms with Gasteiger partial charge in [0.1, 0.15) is 0 Å². The molecule has 3 heterocycles. The van der Waals surface area contributed by atoms with Crippen molar-refractivity contribution >= 4 is 10.9 Å². The maximum atomic E-state index is 3.47. The molecule has 0 amide bonds. The molecule has 21 heavy (non-hydrogen) atoms. The van der Waals surface area contributed by atoms with Crippen molar-refractivity contribution in [2.75, 3.05) is 26.2 Å². The number of aryl methyl sites for hydroxylation is 1. The standard InChI is InChI=1S/C18H25N3/c1-14-5-2-7-17-15(11-19-18(14)17)12-20-8-4-10-21-9-3-6-16(21)13-20/h2,5,7,11,16,19H,3-4,6,8-10,12-13H2,1H3/t16-/m0/s1. The number of aromatic nitrogens is 1. The summed E-state index contributed by atoms with van der Waals surface area (Å²) in [5, 5.41) is 1.41. The Hall–Kier alpha value is -1.32. The second-order valence-electron chi connectivity index (χ2n) is 6.73. The molecule has 1 aromatic heterocycles. The molecule has 2 aliphatic rings. The lowest BCUT2D eigenvalue weighted by Crippen LogP contribution is -2.36. The topological polar surface area (TPSA) is 22.3 Å². The second-order valence-corrected chi connectivity index (χ2v) is 6.73. The Morgan fingerprint density at radius 2 is 2.10 bits per heavy atom. The van der Waals surface area contributed by atoms with Gasteiger partial charge in [0.25, 0.3) is 0 Å². The fraction of sp³-hybridized carbons (Fsp3) is 0.556. The minimum Gasteiger partial charge on any atom is -0.361 e. The molecule has 0 unspecified atom stereocenters. The fourth-order valence-corrected chi connectivity index (χ4v) is 4.16. The van der Waals surface area contributed by atoms with Crippen molar-refractivity contribution in [1.82, 2.24) is 14.8 Å². The molecule has 2 fully saturated rings. The molecule has 2 saturated heterocycles. The van der Waals surface area contributed by atoms with E-state index in [9.17, 15) is 0 Å². The second kappa shape index (κ2) is 5.47. The van der Waals surface area contributed by atoms with Crippen molar-refractivity contribution in [2.45, 2.75) is 38.8 Å². The maximum absolute atomic E-state index is 3.47. The summed E-state index contributed by atoms with van der Waals surface area (Å²) < 4.78 is 0. The van der Waals surface area contributed by atoms with Crippen LogP contribution in [-0.2, 0) is 6.54 Å². The maximum Gasteiger partial charge on any atom is 0.0487 e. The molecule has 1 N–H and O–H groups in total. The number of nitrogens with one attached hydrogen (secondary N) is 1. The highest BCUT2D eigenvalue weighted by Gasteiger charge is 2.28. The van der Waals surface area contributed by atoms with Crippen LogP contribution in [0.2, 0.25) is 0 Å². The van der Waals surface area contributed by atoms with Crippen molar-refractivity contribution in [3.63, 3.8) is 0 Å². The first kappa shape index (κ1) is 13.4. The molecule has 0 bridgehead atoms. The van der Waals surface area contributed by atoms with Crippen LogP contribution in [0, 0.1) is 6.92 Å².